The number of hydrogen-bond acceptors (Lipinski definition) is 0. The predicted octanol–water partition coefficient (Wildman–Crippen LogP) is 4.50. The maximum absolute atomic E-state index is 13.0. The first-order valence-electron chi connectivity index (χ1n) is 5.17. The summed E-state index contributed by atoms with van der Waals surface area (Å²) in [6, 6.07) is 5.09. The van der Waals surface area contributed by atoms with E-state index in [2.05, 4.69) is 20.4 Å². The van der Waals surface area contributed by atoms with Gasteiger partial charge in [0, 0.05) is 0 Å². The first-order valence-corrected chi connectivity index (χ1v) is 5.17. The molecule has 0 aromatic heterocycles. The summed E-state index contributed by atoms with van der Waals surface area (Å²) in [5, 5.41) is 0. The maximum atomic E-state index is 13.0. The van der Waals surface area contributed by atoms with E-state index in [-0.39, 0.29) is 5.82 Å². The fourth-order valence-corrected chi connectivity index (χ4v) is 1.33. The molecule has 0 aliphatic carbocycles. The molecule has 0 radical (unpaired) electrons. The molecule has 0 saturated carbocycles. The van der Waals surface area contributed by atoms with Crippen molar-refractivity contribution in [2.45, 2.75) is 27.2 Å². The zero-order chi connectivity index (χ0) is 11.4. The first-order chi connectivity index (χ1) is 7.04. The molecular weight excluding hydrogens is 187 g/mol. The summed E-state index contributed by atoms with van der Waals surface area (Å²) in [4.78, 5) is 0. The molecule has 0 aliphatic heterocycles. The molecule has 0 amide bonds. The fraction of sp³-hybridized carbons (Fsp3) is 0.286. The zero-order valence-electron chi connectivity index (χ0n) is 9.60. The number of aryl methyl sites for hydroxylation is 1. The van der Waals surface area contributed by atoms with E-state index in [4.69, 9.17) is 0 Å². The van der Waals surface area contributed by atoms with Gasteiger partial charge in [0.05, 0.1) is 0 Å². The van der Waals surface area contributed by atoms with Gasteiger partial charge in [0.15, 0.2) is 0 Å². The Morgan fingerprint density at radius 1 is 1.47 bits per heavy atom. The minimum Gasteiger partial charge on any atom is -0.207 e. The number of allylic oxidation sites excluding steroid dienone is 3. The molecule has 0 aliphatic rings. The van der Waals surface area contributed by atoms with E-state index >= 15 is 0 Å². The SMILES string of the molecule is C=C(/C=C(\C)CC)c1ccc(F)c(C)c1. The van der Waals surface area contributed by atoms with Crippen LogP contribution in [0.1, 0.15) is 31.4 Å². The lowest BCUT2D eigenvalue weighted by molar-refractivity contribution is 0.618. The van der Waals surface area contributed by atoms with Gasteiger partial charge in [-0.2, -0.15) is 0 Å². The monoisotopic (exact) mass is 204 g/mol. The van der Waals surface area contributed by atoms with Crippen molar-refractivity contribution >= 4 is 5.57 Å². The Bertz CT molecular complexity index is 400. The highest BCUT2D eigenvalue weighted by Gasteiger charge is 2.00. The van der Waals surface area contributed by atoms with Crippen LogP contribution in [0.15, 0.2) is 36.4 Å². The molecule has 0 unspecified atom stereocenters. The van der Waals surface area contributed by atoms with Crippen molar-refractivity contribution in [1.82, 2.24) is 0 Å². The average molecular weight is 204 g/mol. The zero-order valence-corrected chi connectivity index (χ0v) is 9.60. The molecule has 0 fully saturated rings. The quantitative estimate of drug-likeness (QED) is 0.636. The fourth-order valence-electron chi connectivity index (χ4n) is 1.33. The molecule has 80 valence electrons. The highest BCUT2D eigenvalue weighted by atomic mass is 19.1. The Kier molecular flexibility index (Phi) is 3.84. The van der Waals surface area contributed by atoms with Crippen LogP contribution in [-0.2, 0) is 0 Å². The van der Waals surface area contributed by atoms with Crippen LogP contribution in [0.3, 0.4) is 0 Å². The van der Waals surface area contributed by atoms with Crippen molar-refractivity contribution in [2.75, 3.05) is 0 Å². The average Bonchev–Trinajstić information content (AvgIpc) is 2.21. The molecule has 0 bridgehead atoms. The van der Waals surface area contributed by atoms with Crippen molar-refractivity contribution < 1.29 is 4.39 Å². The van der Waals surface area contributed by atoms with Crippen molar-refractivity contribution in [3.63, 3.8) is 0 Å². The van der Waals surface area contributed by atoms with E-state index in [0.29, 0.717) is 5.56 Å². The van der Waals surface area contributed by atoms with E-state index in [1.54, 1.807) is 13.0 Å². The van der Waals surface area contributed by atoms with E-state index < -0.39 is 0 Å². The molecule has 0 atom stereocenters. The lowest BCUT2D eigenvalue weighted by Gasteiger charge is -2.04. The van der Waals surface area contributed by atoms with Crippen molar-refractivity contribution in [1.29, 1.82) is 0 Å². The van der Waals surface area contributed by atoms with Gasteiger partial charge in [0.2, 0.25) is 0 Å². The van der Waals surface area contributed by atoms with Crippen LogP contribution < -0.4 is 0 Å². The summed E-state index contributed by atoms with van der Waals surface area (Å²) in [7, 11) is 0. The lowest BCUT2D eigenvalue weighted by Crippen LogP contribution is -1.86. The number of halogens is 1. The second-order valence-corrected chi connectivity index (χ2v) is 3.83. The van der Waals surface area contributed by atoms with Gasteiger partial charge in [-0.15, -0.1) is 0 Å². The molecule has 1 aromatic carbocycles. The highest BCUT2D eigenvalue weighted by molar-refractivity contribution is 5.72. The summed E-state index contributed by atoms with van der Waals surface area (Å²) in [5.41, 5.74) is 3.87. The van der Waals surface area contributed by atoms with Crippen LogP contribution in [0.4, 0.5) is 4.39 Å². The molecule has 1 heteroatoms. The topological polar surface area (TPSA) is 0 Å². The number of hydrogen-bond donors (Lipinski definition) is 0. The van der Waals surface area contributed by atoms with Crippen LogP contribution in [0.25, 0.3) is 5.57 Å². The maximum Gasteiger partial charge on any atom is 0.126 e. The smallest absolute Gasteiger partial charge is 0.126 e. The third-order valence-corrected chi connectivity index (χ3v) is 2.51. The molecule has 0 heterocycles. The molecule has 15 heavy (non-hydrogen) atoms. The molecule has 0 saturated heterocycles. The summed E-state index contributed by atoms with van der Waals surface area (Å²) in [6.07, 6.45) is 3.06. The normalized spacial score (nSPS) is 11.6. The largest absolute Gasteiger partial charge is 0.207 e. The minimum atomic E-state index is -0.164. The third kappa shape index (κ3) is 3.05. The van der Waals surface area contributed by atoms with E-state index in [1.807, 2.05) is 12.1 Å². The number of benzene rings is 1. The van der Waals surface area contributed by atoms with E-state index in [1.165, 1.54) is 11.6 Å². The van der Waals surface area contributed by atoms with Crippen molar-refractivity contribution in [3.8, 4) is 0 Å². The van der Waals surface area contributed by atoms with Crippen LogP contribution in [0.2, 0.25) is 0 Å². The van der Waals surface area contributed by atoms with E-state index in [9.17, 15) is 4.39 Å². The Hall–Kier alpha value is -1.37. The third-order valence-electron chi connectivity index (χ3n) is 2.51. The molecule has 1 rings (SSSR count). The standard InChI is InChI=1S/C14H17F/c1-5-10(2)8-11(3)13-6-7-14(15)12(4)9-13/h6-9H,3,5H2,1-2,4H3/b10-8+. The van der Waals surface area contributed by atoms with Crippen LogP contribution in [0, 0.1) is 12.7 Å². The van der Waals surface area contributed by atoms with Crippen LogP contribution >= 0.6 is 0 Å². The molecule has 0 N–H and O–H groups in total. The van der Waals surface area contributed by atoms with Gasteiger partial charge < -0.3 is 0 Å². The summed E-state index contributed by atoms with van der Waals surface area (Å²) < 4.78 is 13.0. The predicted molar refractivity (Wildman–Crippen MR) is 64.2 cm³/mol. The minimum absolute atomic E-state index is 0.164. The van der Waals surface area contributed by atoms with Gasteiger partial charge in [-0.1, -0.05) is 31.2 Å². The van der Waals surface area contributed by atoms with Crippen molar-refractivity contribution in [2.24, 2.45) is 0 Å². The first kappa shape index (κ1) is 11.7. The van der Waals surface area contributed by atoms with Gasteiger partial charge in [-0.3, -0.25) is 0 Å². The summed E-state index contributed by atoms with van der Waals surface area (Å²) in [6.45, 7) is 9.93. The van der Waals surface area contributed by atoms with Gasteiger partial charge in [-0.05, 0) is 49.1 Å². The van der Waals surface area contributed by atoms with Crippen LogP contribution in [-0.4, -0.2) is 0 Å². The van der Waals surface area contributed by atoms with E-state index in [0.717, 1.165) is 17.6 Å². The molecule has 1 aromatic rings. The van der Waals surface area contributed by atoms with Crippen LogP contribution in [0.5, 0.6) is 0 Å². The second kappa shape index (κ2) is 4.92. The lowest BCUT2D eigenvalue weighted by atomic mass is 10.0. The molecule has 0 spiro atoms. The number of rotatable bonds is 3. The van der Waals surface area contributed by atoms with Gasteiger partial charge >= 0.3 is 0 Å². The van der Waals surface area contributed by atoms with Gasteiger partial charge in [0.25, 0.3) is 0 Å². The highest BCUT2D eigenvalue weighted by Crippen LogP contribution is 2.19. The van der Waals surface area contributed by atoms with Crippen molar-refractivity contribution in [3.05, 3.63) is 53.4 Å². The Morgan fingerprint density at radius 2 is 2.13 bits per heavy atom. The Labute approximate surface area is 91.1 Å². The summed E-state index contributed by atoms with van der Waals surface area (Å²) in [5.74, 6) is -0.164. The Morgan fingerprint density at radius 3 is 2.67 bits per heavy atom. The molecule has 0 nitrogen and oxygen atoms in total. The molecular formula is C14H17F. The van der Waals surface area contributed by atoms with Gasteiger partial charge in [0.1, 0.15) is 5.82 Å². The van der Waals surface area contributed by atoms with Gasteiger partial charge in [-0.25, -0.2) is 4.39 Å². The Balaban J connectivity index is 2.97. The second-order valence-electron chi connectivity index (χ2n) is 3.83. The summed E-state index contributed by atoms with van der Waals surface area (Å²) >= 11 is 0.